The number of hydrogen-bond acceptors (Lipinski definition) is 4. The molecule has 2 aliphatic rings. The van der Waals surface area contributed by atoms with Gasteiger partial charge in [-0.1, -0.05) is 43.0 Å². The number of carbonyl (C=O) groups is 2. The quantitative estimate of drug-likeness (QED) is 0.507. The third-order valence-corrected chi connectivity index (χ3v) is 7.78. The van der Waals surface area contributed by atoms with Gasteiger partial charge in [0.15, 0.2) is 0 Å². The van der Waals surface area contributed by atoms with E-state index in [2.05, 4.69) is 10.2 Å². The van der Waals surface area contributed by atoms with Crippen molar-refractivity contribution in [3.8, 4) is 5.75 Å². The highest BCUT2D eigenvalue weighted by molar-refractivity contribution is 6.31. The Bertz CT molecular complexity index is 1030. The van der Waals surface area contributed by atoms with E-state index in [0.717, 1.165) is 56.9 Å². The minimum Gasteiger partial charge on any atom is -0.496 e. The van der Waals surface area contributed by atoms with Crippen molar-refractivity contribution in [2.45, 2.75) is 76.4 Å². The highest BCUT2D eigenvalue weighted by Gasteiger charge is 2.33. The fourth-order valence-electron chi connectivity index (χ4n) is 5.37. The lowest BCUT2D eigenvalue weighted by Crippen LogP contribution is -2.46. The first-order valence-electron chi connectivity index (χ1n) is 12.7. The van der Waals surface area contributed by atoms with E-state index in [0.29, 0.717) is 28.6 Å². The Morgan fingerprint density at radius 3 is 2.46 bits per heavy atom. The van der Waals surface area contributed by atoms with Crippen LogP contribution in [0, 0.1) is 5.92 Å². The third kappa shape index (κ3) is 6.36. The summed E-state index contributed by atoms with van der Waals surface area (Å²) in [5, 5.41) is 3.55. The zero-order chi connectivity index (χ0) is 24.8. The van der Waals surface area contributed by atoms with Crippen LogP contribution in [-0.4, -0.2) is 35.9 Å². The average molecular weight is 498 g/mol. The van der Waals surface area contributed by atoms with Crippen LogP contribution in [-0.2, 0) is 11.3 Å². The fourth-order valence-corrected chi connectivity index (χ4v) is 5.55. The predicted molar refractivity (Wildman–Crippen MR) is 140 cm³/mol. The number of amides is 2. The van der Waals surface area contributed by atoms with E-state index >= 15 is 0 Å². The van der Waals surface area contributed by atoms with Gasteiger partial charge in [-0.15, -0.1) is 0 Å². The van der Waals surface area contributed by atoms with Gasteiger partial charge in [-0.25, -0.2) is 0 Å². The molecule has 3 N–H and O–H groups in total. The Morgan fingerprint density at radius 1 is 1.03 bits per heavy atom. The van der Waals surface area contributed by atoms with Crippen LogP contribution < -0.4 is 15.8 Å². The summed E-state index contributed by atoms with van der Waals surface area (Å²) in [6.45, 7) is 0.437. The van der Waals surface area contributed by atoms with Crippen molar-refractivity contribution in [1.29, 1.82) is 0 Å². The van der Waals surface area contributed by atoms with E-state index in [1.807, 2.05) is 12.1 Å². The number of halogens is 1. The molecule has 0 radical (unpaired) electrons. The first kappa shape index (κ1) is 25.5. The van der Waals surface area contributed by atoms with Crippen LogP contribution in [0.4, 0.5) is 5.69 Å². The van der Waals surface area contributed by atoms with Gasteiger partial charge in [0.2, 0.25) is 5.91 Å². The second kappa shape index (κ2) is 11.9. The summed E-state index contributed by atoms with van der Waals surface area (Å²) in [7, 11) is 1.54. The van der Waals surface area contributed by atoms with E-state index in [9.17, 15) is 9.59 Å². The Hall–Kier alpha value is -2.57. The maximum Gasteiger partial charge on any atom is 0.259 e. The van der Waals surface area contributed by atoms with Crippen molar-refractivity contribution in [2.75, 3.05) is 12.4 Å². The number of benzene rings is 2. The Morgan fingerprint density at radius 2 is 1.74 bits per heavy atom. The molecular weight excluding hydrogens is 462 g/mol. The van der Waals surface area contributed by atoms with E-state index in [1.165, 1.54) is 6.42 Å². The largest absolute Gasteiger partial charge is 0.496 e. The summed E-state index contributed by atoms with van der Waals surface area (Å²) in [5.41, 5.74) is 8.08. The summed E-state index contributed by atoms with van der Waals surface area (Å²) in [4.78, 5) is 28.6. The highest BCUT2D eigenvalue weighted by atomic mass is 35.5. The molecule has 2 amide bonds. The zero-order valence-corrected chi connectivity index (χ0v) is 21.2. The zero-order valence-electron chi connectivity index (χ0n) is 20.5. The van der Waals surface area contributed by atoms with Crippen molar-refractivity contribution in [2.24, 2.45) is 11.7 Å². The van der Waals surface area contributed by atoms with Crippen LogP contribution >= 0.6 is 11.6 Å². The Balaban J connectivity index is 1.55. The van der Waals surface area contributed by atoms with Crippen molar-refractivity contribution >= 4 is 29.1 Å². The van der Waals surface area contributed by atoms with Gasteiger partial charge in [0.05, 0.1) is 12.7 Å². The Kier molecular flexibility index (Phi) is 8.69. The maximum atomic E-state index is 13.7. The number of nitrogens with two attached hydrogens (primary N) is 1. The molecule has 0 bridgehead atoms. The number of rotatable bonds is 7. The van der Waals surface area contributed by atoms with E-state index in [1.54, 1.807) is 37.4 Å². The van der Waals surface area contributed by atoms with E-state index in [4.69, 9.17) is 22.1 Å². The van der Waals surface area contributed by atoms with Crippen LogP contribution in [0.15, 0.2) is 42.5 Å². The highest BCUT2D eigenvalue weighted by Crippen LogP contribution is 2.32. The predicted octanol–water partition coefficient (Wildman–Crippen LogP) is 5.78. The average Bonchev–Trinajstić information content (AvgIpc) is 2.89. The molecule has 188 valence electrons. The molecule has 0 heterocycles. The SMILES string of the molecule is COc1ccccc1C(=O)Nc1ccc(Cl)c(CN(C(=O)C2CCCCC2)C2CCC(N)CC2)c1. The second-order valence-corrected chi connectivity index (χ2v) is 10.2. The van der Waals surface area contributed by atoms with Gasteiger partial charge in [0.25, 0.3) is 5.91 Å². The first-order chi connectivity index (χ1) is 17.0. The van der Waals surface area contributed by atoms with Crippen molar-refractivity contribution < 1.29 is 14.3 Å². The molecule has 0 saturated heterocycles. The van der Waals surface area contributed by atoms with Gasteiger partial charge in [-0.05, 0) is 74.4 Å². The summed E-state index contributed by atoms with van der Waals surface area (Å²) in [6.07, 6.45) is 9.07. The monoisotopic (exact) mass is 497 g/mol. The number of hydrogen-bond donors (Lipinski definition) is 2. The molecule has 2 aromatic carbocycles. The molecule has 35 heavy (non-hydrogen) atoms. The third-order valence-electron chi connectivity index (χ3n) is 7.42. The number of nitrogens with zero attached hydrogens (tertiary/aromatic N) is 1. The molecule has 0 atom stereocenters. The molecule has 0 spiro atoms. The number of anilines is 1. The lowest BCUT2D eigenvalue weighted by Gasteiger charge is -2.39. The number of methoxy groups -OCH3 is 1. The van der Waals surface area contributed by atoms with Gasteiger partial charge in [0, 0.05) is 35.3 Å². The van der Waals surface area contributed by atoms with Crippen LogP contribution in [0.5, 0.6) is 5.75 Å². The smallest absolute Gasteiger partial charge is 0.259 e. The van der Waals surface area contributed by atoms with E-state index in [-0.39, 0.29) is 29.8 Å². The van der Waals surface area contributed by atoms with Crippen LogP contribution in [0.1, 0.15) is 73.7 Å². The lowest BCUT2D eigenvalue weighted by molar-refractivity contribution is -0.140. The number of para-hydroxylation sites is 1. The molecule has 2 aliphatic carbocycles. The number of ether oxygens (including phenoxy) is 1. The molecule has 2 saturated carbocycles. The molecule has 0 aliphatic heterocycles. The van der Waals surface area contributed by atoms with Gasteiger partial charge < -0.3 is 20.7 Å². The van der Waals surface area contributed by atoms with Crippen molar-refractivity contribution in [3.05, 3.63) is 58.6 Å². The van der Waals surface area contributed by atoms with Crippen molar-refractivity contribution in [3.63, 3.8) is 0 Å². The van der Waals surface area contributed by atoms with Gasteiger partial charge in [-0.3, -0.25) is 9.59 Å². The molecule has 7 heteroatoms. The number of carbonyl (C=O) groups excluding carboxylic acids is 2. The fraction of sp³-hybridized carbons (Fsp3) is 0.500. The van der Waals surface area contributed by atoms with E-state index < -0.39 is 0 Å². The summed E-state index contributed by atoms with van der Waals surface area (Å²) >= 11 is 6.60. The summed E-state index contributed by atoms with van der Waals surface area (Å²) in [6, 6.07) is 13.0. The molecule has 0 aromatic heterocycles. The molecule has 2 fully saturated rings. The van der Waals surface area contributed by atoms with Gasteiger partial charge >= 0.3 is 0 Å². The maximum absolute atomic E-state index is 13.7. The van der Waals surface area contributed by atoms with Crippen LogP contribution in [0.3, 0.4) is 0 Å². The molecule has 4 rings (SSSR count). The molecular formula is C28H36ClN3O3. The Labute approximate surface area is 213 Å². The number of nitrogens with one attached hydrogen (secondary N) is 1. The van der Waals surface area contributed by atoms with Gasteiger partial charge in [0.1, 0.15) is 5.75 Å². The lowest BCUT2D eigenvalue weighted by atomic mass is 9.85. The van der Waals surface area contributed by atoms with Crippen LogP contribution in [0.25, 0.3) is 0 Å². The van der Waals surface area contributed by atoms with Gasteiger partial charge in [-0.2, -0.15) is 0 Å². The first-order valence-corrected chi connectivity index (χ1v) is 13.1. The molecule has 2 aromatic rings. The summed E-state index contributed by atoms with van der Waals surface area (Å²) < 4.78 is 5.32. The minimum absolute atomic E-state index is 0.0894. The summed E-state index contributed by atoms with van der Waals surface area (Å²) in [5.74, 6) is 0.585. The second-order valence-electron chi connectivity index (χ2n) is 9.83. The topological polar surface area (TPSA) is 84.7 Å². The van der Waals surface area contributed by atoms with Crippen molar-refractivity contribution in [1.82, 2.24) is 4.90 Å². The van der Waals surface area contributed by atoms with Crippen LogP contribution in [0.2, 0.25) is 5.02 Å². The molecule has 0 unspecified atom stereocenters. The standard InChI is InChI=1S/C28H36ClN3O3/c1-35-26-10-6-5-9-24(26)27(33)31-22-13-16-25(29)20(17-22)18-32(23-14-11-21(30)12-15-23)28(34)19-7-3-2-4-8-19/h5-6,9-10,13,16-17,19,21,23H,2-4,7-8,11-12,14-15,18,30H2,1H3,(H,31,33). The minimum atomic E-state index is -0.257. The normalized spacial score (nSPS) is 20.8. The molecule has 6 nitrogen and oxygen atoms in total.